The maximum Gasteiger partial charge on any atom is 0.0540 e. The quantitative estimate of drug-likeness (QED) is 0.155. The molecule has 0 saturated heterocycles. The maximum absolute atomic E-state index is 2.45. The first-order valence-electron chi connectivity index (χ1n) is 20.7. The van der Waals surface area contributed by atoms with Crippen LogP contribution in [0.25, 0.3) is 95.6 Å². The van der Waals surface area contributed by atoms with E-state index in [1.807, 2.05) is 22.7 Å². The van der Waals surface area contributed by atoms with Gasteiger partial charge in [-0.15, -0.1) is 22.7 Å². The fourth-order valence-corrected chi connectivity index (χ4v) is 11.6. The van der Waals surface area contributed by atoms with Gasteiger partial charge in [0.1, 0.15) is 0 Å². The Labute approximate surface area is 362 Å². The van der Waals surface area contributed by atoms with Gasteiger partial charge in [0.25, 0.3) is 0 Å². The van der Waals surface area contributed by atoms with E-state index >= 15 is 0 Å². The molecule has 0 saturated carbocycles. The first-order chi connectivity index (χ1) is 30.2. The van der Waals surface area contributed by atoms with Gasteiger partial charge < -0.3 is 4.90 Å². The predicted octanol–water partition coefficient (Wildman–Crippen LogP) is 17.7. The van der Waals surface area contributed by atoms with Crippen LogP contribution in [0.4, 0.5) is 17.1 Å². The van der Waals surface area contributed by atoms with Gasteiger partial charge in [0.15, 0.2) is 0 Å². The van der Waals surface area contributed by atoms with E-state index in [-0.39, 0.29) is 0 Å². The number of thiophene rings is 2. The Hall–Kier alpha value is -7.30. The normalized spacial score (nSPS) is 11.6. The molecule has 2 aromatic heterocycles. The molecule has 12 rings (SSSR count). The third-order valence-corrected chi connectivity index (χ3v) is 14.5. The number of anilines is 3. The van der Waals surface area contributed by atoms with Crippen molar-refractivity contribution in [3.05, 3.63) is 224 Å². The van der Waals surface area contributed by atoms with Gasteiger partial charge in [0.05, 0.1) is 5.69 Å². The second-order valence-corrected chi connectivity index (χ2v) is 17.8. The van der Waals surface area contributed by atoms with E-state index in [0.29, 0.717) is 0 Å². The minimum absolute atomic E-state index is 1.10. The molecular formula is C58H37NS2. The van der Waals surface area contributed by atoms with Crippen LogP contribution in [0.2, 0.25) is 0 Å². The van der Waals surface area contributed by atoms with E-state index in [9.17, 15) is 0 Å². The average Bonchev–Trinajstić information content (AvgIpc) is 3.91. The lowest BCUT2D eigenvalue weighted by molar-refractivity contribution is 1.28. The van der Waals surface area contributed by atoms with Gasteiger partial charge in [-0.3, -0.25) is 0 Å². The fourth-order valence-electron chi connectivity index (χ4n) is 9.15. The van der Waals surface area contributed by atoms with Crippen molar-refractivity contribution in [3.8, 4) is 44.5 Å². The first-order valence-corrected chi connectivity index (χ1v) is 22.4. The minimum Gasteiger partial charge on any atom is -0.310 e. The van der Waals surface area contributed by atoms with Crippen molar-refractivity contribution in [1.29, 1.82) is 0 Å². The van der Waals surface area contributed by atoms with Crippen LogP contribution in [0, 0.1) is 0 Å². The van der Waals surface area contributed by atoms with Crippen molar-refractivity contribution < 1.29 is 0 Å². The highest BCUT2D eigenvalue weighted by atomic mass is 32.1. The van der Waals surface area contributed by atoms with E-state index in [4.69, 9.17) is 0 Å². The molecule has 12 aromatic rings. The summed E-state index contributed by atoms with van der Waals surface area (Å²) in [5, 5.41) is 7.72. The summed E-state index contributed by atoms with van der Waals surface area (Å²) in [6.45, 7) is 0. The number of benzene rings is 10. The van der Waals surface area contributed by atoms with E-state index in [1.165, 1.54) is 95.6 Å². The molecule has 0 radical (unpaired) electrons. The molecule has 10 aromatic carbocycles. The average molecular weight is 812 g/mol. The van der Waals surface area contributed by atoms with Crippen LogP contribution >= 0.6 is 22.7 Å². The third-order valence-electron chi connectivity index (χ3n) is 12.0. The summed E-state index contributed by atoms with van der Waals surface area (Å²) in [6.07, 6.45) is 0. The summed E-state index contributed by atoms with van der Waals surface area (Å²) in [5.74, 6) is 0. The Bertz CT molecular complexity index is 3630. The molecule has 0 aliphatic rings. The molecule has 3 heteroatoms. The van der Waals surface area contributed by atoms with Crippen LogP contribution in [-0.2, 0) is 0 Å². The number of rotatable bonds is 7. The zero-order chi connectivity index (χ0) is 40.3. The Morgan fingerprint density at radius 1 is 0.279 bits per heavy atom. The lowest BCUT2D eigenvalue weighted by Gasteiger charge is -2.29. The fraction of sp³-hybridized carbons (Fsp3) is 0. The Morgan fingerprint density at radius 3 is 1.43 bits per heavy atom. The summed E-state index contributed by atoms with van der Waals surface area (Å²) < 4.78 is 5.28. The van der Waals surface area contributed by atoms with Crippen molar-refractivity contribution in [2.75, 3.05) is 4.90 Å². The van der Waals surface area contributed by atoms with Crippen LogP contribution in [-0.4, -0.2) is 0 Å². The second kappa shape index (κ2) is 14.8. The number of hydrogen-bond donors (Lipinski definition) is 0. The molecule has 0 aliphatic carbocycles. The molecule has 0 atom stereocenters. The molecule has 286 valence electrons. The van der Waals surface area contributed by atoms with Crippen LogP contribution in [0.5, 0.6) is 0 Å². The highest BCUT2D eigenvalue weighted by Gasteiger charge is 2.20. The standard InChI is InChI=1S/C58H37NS2/c1-2-15-39-34-44(33-32-38(39)14-1)47-22-3-6-29-54(47)59(46-21-11-19-43(37-46)49-26-13-28-53-51-24-5-8-31-56(51)61-58(49)53)45-20-10-17-41(36-45)40-16-9-18-42(35-40)48-25-12-27-52-50-23-4-7-30-55(50)60-57(48)52/h1-37H. The van der Waals surface area contributed by atoms with Gasteiger partial charge in [-0.2, -0.15) is 0 Å². The molecule has 0 unspecified atom stereocenters. The Kier molecular flexibility index (Phi) is 8.62. The van der Waals surface area contributed by atoms with E-state index in [1.54, 1.807) is 0 Å². The van der Waals surface area contributed by atoms with E-state index in [2.05, 4.69) is 229 Å². The highest BCUT2D eigenvalue weighted by molar-refractivity contribution is 7.26. The SMILES string of the molecule is c1cc(-c2cccc(N(c3cccc(-c4cccc5c4sc4ccccc45)c3)c3ccccc3-c3ccc4ccccc4c3)c2)cc(-c2cccc3c2sc2ccccc23)c1. The van der Waals surface area contributed by atoms with Gasteiger partial charge in [-0.1, -0.05) is 170 Å². The van der Waals surface area contributed by atoms with Crippen LogP contribution < -0.4 is 4.90 Å². The lowest BCUT2D eigenvalue weighted by Crippen LogP contribution is -2.11. The van der Waals surface area contributed by atoms with Crippen LogP contribution in [0.1, 0.15) is 0 Å². The molecule has 1 nitrogen and oxygen atoms in total. The second-order valence-electron chi connectivity index (χ2n) is 15.7. The molecule has 0 fully saturated rings. The summed E-state index contributed by atoms with van der Waals surface area (Å²) in [5.41, 5.74) is 13.0. The minimum atomic E-state index is 1.10. The predicted molar refractivity (Wildman–Crippen MR) is 266 cm³/mol. The van der Waals surface area contributed by atoms with Crippen molar-refractivity contribution in [1.82, 2.24) is 0 Å². The van der Waals surface area contributed by atoms with Crippen LogP contribution in [0.15, 0.2) is 224 Å². The smallest absolute Gasteiger partial charge is 0.0540 e. The Balaban J connectivity index is 1.02. The number of fused-ring (bicyclic) bond motifs is 7. The largest absolute Gasteiger partial charge is 0.310 e. The van der Waals surface area contributed by atoms with Gasteiger partial charge >= 0.3 is 0 Å². The summed E-state index contributed by atoms with van der Waals surface area (Å²) >= 11 is 3.76. The number of hydrogen-bond acceptors (Lipinski definition) is 3. The third kappa shape index (κ3) is 6.21. The number of para-hydroxylation sites is 1. The van der Waals surface area contributed by atoms with Gasteiger partial charge in [0, 0.05) is 57.3 Å². The zero-order valence-corrected chi connectivity index (χ0v) is 34.8. The first kappa shape index (κ1) is 35.6. The van der Waals surface area contributed by atoms with Crippen molar-refractivity contribution in [3.63, 3.8) is 0 Å². The summed E-state index contributed by atoms with van der Waals surface area (Å²) in [6, 6.07) is 82.5. The Morgan fingerprint density at radius 2 is 0.738 bits per heavy atom. The van der Waals surface area contributed by atoms with Gasteiger partial charge in [0.2, 0.25) is 0 Å². The number of nitrogens with zero attached hydrogens (tertiary/aromatic N) is 1. The molecule has 2 heterocycles. The summed E-state index contributed by atoms with van der Waals surface area (Å²) in [4.78, 5) is 2.45. The monoisotopic (exact) mass is 811 g/mol. The molecular weight excluding hydrogens is 775 g/mol. The van der Waals surface area contributed by atoms with Crippen LogP contribution in [0.3, 0.4) is 0 Å². The molecule has 0 aliphatic heterocycles. The highest BCUT2D eigenvalue weighted by Crippen LogP contribution is 2.46. The van der Waals surface area contributed by atoms with Gasteiger partial charge in [-0.25, -0.2) is 0 Å². The van der Waals surface area contributed by atoms with Crippen molar-refractivity contribution in [2.45, 2.75) is 0 Å². The van der Waals surface area contributed by atoms with E-state index < -0.39 is 0 Å². The molecule has 61 heavy (non-hydrogen) atoms. The topological polar surface area (TPSA) is 3.24 Å². The molecule has 0 bridgehead atoms. The molecule has 0 N–H and O–H groups in total. The van der Waals surface area contributed by atoms with Crippen molar-refractivity contribution >= 4 is 90.9 Å². The van der Waals surface area contributed by atoms with E-state index in [0.717, 1.165) is 17.1 Å². The van der Waals surface area contributed by atoms with Crippen molar-refractivity contribution in [2.24, 2.45) is 0 Å². The summed E-state index contributed by atoms with van der Waals surface area (Å²) in [7, 11) is 0. The zero-order valence-electron chi connectivity index (χ0n) is 33.1. The molecule has 0 spiro atoms. The van der Waals surface area contributed by atoms with Gasteiger partial charge in [-0.05, 0) is 104 Å². The molecule has 0 amide bonds. The maximum atomic E-state index is 2.45. The lowest BCUT2D eigenvalue weighted by atomic mass is 9.96.